The molecule has 6 aromatic rings. The molecular formula is C39H37N3O6. The molecule has 0 saturated heterocycles. The molecule has 0 fully saturated rings. The molecule has 0 N–H and O–H groups in total. The molecule has 0 radical (unpaired) electrons. The average Bonchev–Trinajstić information content (AvgIpc) is 3.51. The number of aromatic nitrogens is 2. The zero-order chi connectivity index (χ0) is 33.5. The third kappa shape index (κ3) is 6.90. The first kappa shape index (κ1) is 32.0. The van der Waals surface area contributed by atoms with Crippen molar-refractivity contribution in [3.8, 4) is 34.4 Å². The summed E-state index contributed by atoms with van der Waals surface area (Å²) in [6.45, 7) is 0.995. The summed E-state index contributed by atoms with van der Waals surface area (Å²) in [5.41, 5.74) is 5.36. The van der Waals surface area contributed by atoms with E-state index in [4.69, 9.17) is 28.8 Å². The molecule has 0 atom stereocenters. The molecule has 0 aliphatic carbocycles. The second kappa shape index (κ2) is 14.6. The Bertz CT molecular complexity index is 2010. The highest BCUT2D eigenvalue weighted by Gasteiger charge is 2.23. The summed E-state index contributed by atoms with van der Waals surface area (Å²) in [5, 5.41) is 0. The molecule has 9 heteroatoms. The summed E-state index contributed by atoms with van der Waals surface area (Å²) in [7, 11) is 6.44. The van der Waals surface area contributed by atoms with Crippen LogP contribution in [-0.4, -0.2) is 49.0 Å². The van der Waals surface area contributed by atoms with Gasteiger partial charge in [0.25, 0.3) is 5.91 Å². The Morgan fingerprint density at radius 3 is 1.98 bits per heavy atom. The Morgan fingerprint density at radius 2 is 1.31 bits per heavy atom. The average molecular weight is 644 g/mol. The van der Waals surface area contributed by atoms with Crippen molar-refractivity contribution in [1.29, 1.82) is 0 Å². The van der Waals surface area contributed by atoms with Gasteiger partial charge in [0.05, 0.1) is 39.5 Å². The van der Waals surface area contributed by atoms with E-state index in [0.717, 1.165) is 16.7 Å². The number of ether oxygens (including phenoxy) is 4. The second-order valence-electron chi connectivity index (χ2n) is 11.1. The van der Waals surface area contributed by atoms with E-state index < -0.39 is 0 Å². The van der Waals surface area contributed by atoms with Crippen molar-refractivity contribution in [3.05, 3.63) is 138 Å². The monoisotopic (exact) mass is 643 g/mol. The fraction of sp³-hybridized carbons (Fsp3) is 0.179. The van der Waals surface area contributed by atoms with Gasteiger partial charge < -0.3 is 28.7 Å². The molecule has 1 amide bonds. The number of nitrogens with zero attached hydrogens (tertiary/aromatic N) is 3. The Hall–Kier alpha value is -5.96. The van der Waals surface area contributed by atoms with Crippen molar-refractivity contribution in [3.63, 3.8) is 0 Å². The van der Waals surface area contributed by atoms with Crippen molar-refractivity contribution in [2.24, 2.45) is 0 Å². The standard InChI is InChI=1S/C39H37N3O6/c1-44-31-17-15-30(36(22-31)46-3)25-41(24-27-11-7-5-8-12-27)39(43)29-16-20-34-35(21-29)42(48-26-28-13-9-6-10-14-28)38(40-34)33-19-18-32(45-2)23-37(33)47-4/h5-23H,24-26H2,1-4H3. The summed E-state index contributed by atoms with van der Waals surface area (Å²) < 4.78 is 23.9. The normalized spacial score (nSPS) is 10.8. The van der Waals surface area contributed by atoms with Crippen LogP contribution in [0.25, 0.3) is 22.4 Å². The minimum atomic E-state index is -0.155. The van der Waals surface area contributed by atoms with E-state index in [0.29, 0.717) is 64.1 Å². The summed E-state index contributed by atoms with van der Waals surface area (Å²) in [6, 6.07) is 36.4. The number of fused-ring (bicyclic) bond motifs is 1. The Balaban J connectivity index is 1.42. The van der Waals surface area contributed by atoms with Gasteiger partial charge in [-0.1, -0.05) is 60.7 Å². The van der Waals surface area contributed by atoms with E-state index in [1.165, 1.54) is 0 Å². The van der Waals surface area contributed by atoms with Gasteiger partial charge in [0, 0.05) is 36.3 Å². The van der Waals surface area contributed by atoms with E-state index >= 15 is 0 Å². The first-order chi connectivity index (χ1) is 23.5. The number of hydrogen-bond donors (Lipinski definition) is 0. The Labute approximate surface area is 279 Å². The van der Waals surface area contributed by atoms with Crippen LogP contribution in [0, 0.1) is 0 Å². The van der Waals surface area contributed by atoms with Gasteiger partial charge in [-0.25, -0.2) is 4.98 Å². The molecular weight excluding hydrogens is 606 g/mol. The maximum atomic E-state index is 14.4. The number of benzene rings is 5. The zero-order valence-electron chi connectivity index (χ0n) is 27.4. The third-order valence-electron chi connectivity index (χ3n) is 8.07. The van der Waals surface area contributed by atoms with Crippen molar-refractivity contribution in [1.82, 2.24) is 14.6 Å². The van der Waals surface area contributed by atoms with Gasteiger partial charge in [-0.05, 0) is 53.6 Å². The first-order valence-electron chi connectivity index (χ1n) is 15.5. The van der Waals surface area contributed by atoms with Gasteiger partial charge in [-0.3, -0.25) is 4.79 Å². The van der Waals surface area contributed by atoms with Gasteiger partial charge in [-0.15, -0.1) is 0 Å². The molecule has 0 bridgehead atoms. The zero-order valence-corrected chi connectivity index (χ0v) is 27.4. The molecule has 0 saturated carbocycles. The molecule has 0 aliphatic rings. The lowest BCUT2D eigenvalue weighted by molar-refractivity contribution is 0.0728. The lowest BCUT2D eigenvalue weighted by atomic mass is 10.1. The van der Waals surface area contributed by atoms with Gasteiger partial charge in [0.15, 0.2) is 5.82 Å². The number of amides is 1. The van der Waals surface area contributed by atoms with E-state index in [9.17, 15) is 4.79 Å². The molecule has 0 unspecified atom stereocenters. The van der Waals surface area contributed by atoms with Gasteiger partial charge in [-0.2, -0.15) is 4.73 Å². The summed E-state index contributed by atoms with van der Waals surface area (Å²) in [5.74, 6) is 2.93. The highest BCUT2D eigenvalue weighted by molar-refractivity contribution is 5.98. The van der Waals surface area contributed by atoms with Crippen LogP contribution in [0.15, 0.2) is 115 Å². The van der Waals surface area contributed by atoms with Crippen LogP contribution in [-0.2, 0) is 19.7 Å². The smallest absolute Gasteiger partial charge is 0.254 e. The van der Waals surface area contributed by atoms with Gasteiger partial charge in [0.1, 0.15) is 35.1 Å². The van der Waals surface area contributed by atoms with Crippen LogP contribution in [0.2, 0.25) is 0 Å². The molecule has 1 heterocycles. The van der Waals surface area contributed by atoms with Crippen molar-refractivity contribution >= 4 is 16.9 Å². The maximum absolute atomic E-state index is 14.4. The van der Waals surface area contributed by atoms with Crippen molar-refractivity contribution in [2.75, 3.05) is 28.4 Å². The van der Waals surface area contributed by atoms with Crippen molar-refractivity contribution < 1.29 is 28.6 Å². The van der Waals surface area contributed by atoms with E-state index in [1.54, 1.807) is 50.2 Å². The van der Waals surface area contributed by atoms with Crippen LogP contribution >= 0.6 is 0 Å². The molecule has 5 aromatic carbocycles. The van der Waals surface area contributed by atoms with E-state index in [-0.39, 0.29) is 12.5 Å². The fourth-order valence-electron chi connectivity index (χ4n) is 5.56. The fourth-order valence-corrected chi connectivity index (χ4v) is 5.56. The second-order valence-corrected chi connectivity index (χ2v) is 11.1. The molecule has 0 spiro atoms. The summed E-state index contributed by atoms with van der Waals surface area (Å²) in [4.78, 5) is 27.6. The number of imidazole rings is 1. The number of hydrogen-bond acceptors (Lipinski definition) is 7. The predicted molar refractivity (Wildman–Crippen MR) is 185 cm³/mol. The lowest BCUT2D eigenvalue weighted by Crippen LogP contribution is -2.30. The predicted octanol–water partition coefficient (Wildman–Crippen LogP) is 7.21. The Kier molecular flexibility index (Phi) is 9.76. The van der Waals surface area contributed by atoms with Crippen molar-refractivity contribution in [2.45, 2.75) is 19.7 Å². The quantitative estimate of drug-likeness (QED) is 0.132. The van der Waals surface area contributed by atoms with Crippen LogP contribution in [0.4, 0.5) is 0 Å². The number of methoxy groups -OCH3 is 4. The highest BCUT2D eigenvalue weighted by atomic mass is 16.7. The number of carbonyl (C=O) groups excluding carboxylic acids is 1. The van der Waals surface area contributed by atoms with Crippen LogP contribution in [0.3, 0.4) is 0 Å². The molecule has 6 rings (SSSR count). The molecule has 0 aliphatic heterocycles. The largest absolute Gasteiger partial charge is 0.497 e. The van der Waals surface area contributed by atoms with Crippen LogP contribution < -0.4 is 23.8 Å². The Morgan fingerprint density at radius 1 is 0.667 bits per heavy atom. The maximum Gasteiger partial charge on any atom is 0.254 e. The number of rotatable bonds is 13. The van der Waals surface area contributed by atoms with Crippen LogP contribution in [0.1, 0.15) is 27.0 Å². The van der Waals surface area contributed by atoms with Crippen LogP contribution in [0.5, 0.6) is 23.0 Å². The minimum absolute atomic E-state index is 0.155. The molecule has 244 valence electrons. The lowest BCUT2D eigenvalue weighted by Gasteiger charge is -2.24. The molecule has 9 nitrogen and oxygen atoms in total. The summed E-state index contributed by atoms with van der Waals surface area (Å²) in [6.07, 6.45) is 0. The van der Waals surface area contributed by atoms with E-state index in [1.807, 2.05) is 103 Å². The van der Waals surface area contributed by atoms with E-state index in [2.05, 4.69) is 0 Å². The molecule has 1 aromatic heterocycles. The molecule has 48 heavy (non-hydrogen) atoms. The third-order valence-corrected chi connectivity index (χ3v) is 8.07. The summed E-state index contributed by atoms with van der Waals surface area (Å²) >= 11 is 0. The van der Waals surface area contributed by atoms with Gasteiger partial charge in [0.2, 0.25) is 0 Å². The highest BCUT2D eigenvalue weighted by Crippen LogP contribution is 2.35. The number of carbonyl (C=O) groups is 1. The van der Waals surface area contributed by atoms with Gasteiger partial charge >= 0.3 is 0 Å². The first-order valence-corrected chi connectivity index (χ1v) is 15.5. The minimum Gasteiger partial charge on any atom is -0.497 e. The topological polar surface area (TPSA) is 84.3 Å². The SMILES string of the molecule is COc1ccc(CN(Cc2ccccc2)C(=O)c2ccc3nc(-c4ccc(OC)cc4OC)n(OCc4ccccc4)c3c2)c(OC)c1.